The van der Waals surface area contributed by atoms with Gasteiger partial charge in [0.2, 0.25) is 5.82 Å². The molecule has 8 nitrogen and oxygen atoms in total. The van der Waals surface area contributed by atoms with E-state index < -0.39 is 11.6 Å². The van der Waals surface area contributed by atoms with Gasteiger partial charge in [0, 0.05) is 6.61 Å². The zero-order chi connectivity index (χ0) is 17.1. The lowest BCUT2D eigenvalue weighted by Gasteiger charge is -2.04. The Hall–Kier alpha value is -2.33. The molecule has 3 aromatic rings. The van der Waals surface area contributed by atoms with E-state index in [1.165, 1.54) is 18.2 Å². The van der Waals surface area contributed by atoms with Gasteiger partial charge >= 0.3 is 5.76 Å². The van der Waals surface area contributed by atoms with E-state index in [1.54, 1.807) is 0 Å². The third kappa shape index (κ3) is 3.15. The Kier molecular flexibility index (Phi) is 4.86. The normalized spacial score (nSPS) is 11.1. The number of aryl methyl sites for hydroxylation is 1. The summed E-state index contributed by atoms with van der Waals surface area (Å²) in [4.78, 5) is 12.0. The lowest BCUT2D eigenvalue weighted by molar-refractivity contribution is 0.282. The average Bonchev–Trinajstić information content (AvgIpc) is 3.17. The fourth-order valence-electron chi connectivity index (χ4n) is 2.20. The van der Waals surface area contributed by atoms with Crippen LogP contribution in [0.4, 0.5) is 4.39 Å². The van der Waals surface area contributed by atoms with Crippen LogP contribution in [0.1, 0.15) is 18.5 Å². The zero-order valence-electron chi connectivity index (χ0n) is 12.3. The first-order valence-corrected chi connectivity index (χ1v) is 7.88. The standard InChI is InChI=1S/C14H12BrFN4O4/c15-9-7-8(4-5-10(9)16)20-13(19-23-14(20)22)12-11(17-24-18-12)3-1-2-6-21/h4-5,7,21H,1-3,6H2. The molecule has 0 aliphatic heterocycles. The highest BCUT2D eigenvalue weighted by Crippen LogP contribution is 2.24. The second-order valence-corrected chi connectivity index (χ2v) is 5.80. The molecule has 0 spiro atoms. The zero-order valence-corrected chi connectivity index (χ0v) is 13.9. The SMILES string of the molecule is O=c1onc(-c2nonc2CCCCO)n1-c1ccc(F)c(Br)c1. The molecule has 1 N–H and O–H groups in total. The molecule has 0 unspecified atom stereocenters. The number of aliphatic hydroxyl groups is 1. The van der Waals surface area contributed by atoms with Crippen molar-refractivity contribution in [3.63, 3.8) is 0 Å². The van der Waals surface area contributed by atoms with Crippen LogP contribution in [-0.4, -0.2) is 31.8 Å². The van der Waals surface area contributed by atoms with Gasteiger partial charge in [0.05, 0.1) is 10.2 Å². The number of hydrogen-bond acceptors (Lipinski definition) is 7. The smallest absolute Gasteiger partial charge is 0.396 e. The topological polar surface area (TPSA) is 107 Å². The van der Waals surface area contributed by atoms with E-state index in [0.29, 0.717) is 30.6 Å². The summed E-state index contributed by atoms with van der Waals surface area (Å²) >= 11 is 3.07. The Bertz CT molecular complexity index is 904. The molecule has 0 saturated heterocycles. The Labute approximate surface area is 143 Å². The highest BCUT2D eigenvalue weighted by Gasteiger charge is 2.22. The Morgan fingerprint density at radius 3 is 2.83 bits per heavy atom. The largest absolute Gasteiger partial charge is 0.446 e. The van der Waals surface area contributed by atoms with Crippen LogP contribution in [0.2, 0.25) is 0 Å². The van der Waals surface area contributed by atoms with Gasteiger partial charge in [-0.05, 0) is 58.5 Å². The summed E-state index contributed by atoms with van der Waals surface area (Å²) in [6.07, 6.45) is 1.76. The number of aromatic nitrogens is 4. The molecule has 24 heavy (non-hydrogen) atoms. The van der Waals surface area contributed by atoms with Gasteiger partial charge in [-0.25, -0.2) is 18.4 Å². The van der Waals surface area contributed by atoms with Gasteiger partial charge in [-0.1, -0.05) is 10.3 Å². The quantitative estimate of drug-likeness (QED) is 0.633. The monoisotopic (exact) mass is 398 g/mol. The van der Waals surface area contributed by atoms with Crippen molar-refractivity contribution in [1.82, 2.24) is 20.0 Å². The van der Waals surface area contributed by atoms with Crippen LogP contribution < -0.4 is 5.76 Å². The molecule has 2 heterocycles. The van der Waals surface area contributed by atoms with E-state index in [-0.39, 0.29) is 22.6 Å². The molecule has 0 atom stereocenters. The predicted octanol–water partition coefficient (Wildman–Crippen LogP) is 2.09. The number of hydrogen-bond donors (Lipinski definition) is 1. The van der Waals surface area contributed by atoms with E-state index >= 15 is 0 Å². The Balaban J connectivity index is 2.04. The average molecular weight is 399 g/mol. The summed E-state index contributed by atoms with van der Waals surface area (Å²) in [5.74, 6) is -1.09. The van der Waals surface area contributed by atoms with Crippen LogP contribution in [-0.2, 0) is 6.42 Å². The molecule has 0 aliphatic rings. The predicted molar refractivity (Wildman–Crippen MR) is 83.1 cm³/mol. The molecule has 0 saturated carbocycles. The van der Waals surface area contributed by atoms with E-state index in [2.05, 4.69) is 31.4 Å². The fraction of sp³-hybridized carbons (Fsp3) is 0.286. The molecular weight excluding hydrogens is 387 g/mol. The summed E-state index contributed by atoms with van der Waals surface area (Å²) in [6, 6.07) is 4.06. The van der Waals surface area contributed by atoms with Gasteiger partial charge in [-0.15, -0.1) is 0 Å². The lowest BCUT2D eigenvalue weighted by atomic mass is 10.1. The van der Waals surface area contributed by atoms with Crippen molar-refractivity contribution in [2.45, 2.75) is 19.3 Å². The summed E-state index contributed by atoms with van der Waals surface area (Å²) < 4.78 is 24.2. The van der Waals surface area contributed by atoms with Gasteiger partial charge in [0.15, 0.2) is 5.69 Å². The van der Waals surface area contributed by atoms with Gasteiger partial charge in [0.25, 0.3) is 0 Å². The van der Waals surface area contributed by atoms with Crippen LogP contribution >= 0.6 is 15.9 Å². The Morgan fingerprint density at radius 1 is 1.25 bits per heavy atom. The second-order valence-electron chi connectivity index (χ2n) is 4.95. The molecule has 0 bridgehead atoms. The van der Waals surface area contributed by atoms with E-state index in [9.17, 15) is 9.18 Å². The number of nitrogens with zero attached hydrogens (tertiary/aromatic N) is 4. The Morgan fingerprint density at radius 2 is 2.08 bits per heavy atom. The molecule has 0 amide bonds. The fourth-order valence-corrected chi connectivity index (χ4v) is 2.56. The van der Waals surface area contributed by atoms with Gasteiger partial charge in [-0.3, -0.25) is 4.52 Å². The van der Waals surface area contributed by atoms with Crippen molar-refractivity contribution < 1.29 is 18.6 Å². The van der Waals surface area contributed by atoms with Crippen molar-refractivity contribution in [3.05, 3.63) is 44.7 Å². The summed E-state index contributed by atoms with van der Waals surface area (Å²) in [5, 5.41) is 20.2. The maximum absolute atomic E-state index is 13.4. The first kappa shape index (κ1) is 16.5. The lowest BCUT2D eigenvalue weighted by Crippen LogP contribution is -2.14. The first-order chi connectivity index (χ1) is 11.6. The number of aliphatic hydroxyl groups excluding tert-OH is 1. The second kappa shape index (κ2) is 7.05. The number of benzene rings is 1. The number of unbranched alkanes of at least 4 members (excludes halogenated alkanes) is 1. The molecule has 3 rings (SSSR count). The summed E-state index contributed by atoms with van der Waals surface area (Å²) in [6.45, 7) is 0.0683. The molecule has 0 radical (unpaired) electrons. The van der Waals surface area contributed by atoms with Crippen molar-refractivity contribution in [2.24, 2.45) is 0 Å². The minimum absolute atomic E-state index is 0.0683. The molecule has 10 heteroatoms. The molecule has 2 aromatic heterocycles. The van der Waals surface area contributed by atoms with Crippen molar-refractivity contribution in [3.8, 4) is 17.2 Å². The van der Waals surface area contributed by atoms with E-state index in [0.717, 1.165) is 4.57 Å². The molecule has 126 valence electrons. The minimum Gasteiger partial charge on any atom is -0.396 e. The number of rotatable bonds is 6. The highest BCUT2D eigenvalue weighted by molar-refractivity contribution is 9.10. The van der Waals surface area contributed by atoms with E-state index in [1.807, 2.05) is 0 Å². The summed E-state index contributed by atoms with van der Waals surface area (Å²) in [5.41, 5.74) is 1.11. The van der Waals surface area contributed by atoms with Gasteiger partial charge in [0.1, 0.15) is 11.5 Å². The van der Waals surface area contributed by atoms with Crippen LogP contribution in [0.3, 0.4) is 0 Å². The van der Waals surface area contributed by atoms with Crippen LogP contribution in [0.15, 0.2) is 36.6 Å². The highest BCUT2D eigenvalue weighted by atomic mass is 79.9. The molecular formula is C14H12BrFN4O4. The third-order valence-electron chi connectivity index (χ3n) is 3.36. The van der Waals surface area contributed by atoms with E-state index in [4.69, 9.17) is 14.3 Å². The van der Waals surface area contributed by atoms with Crippen molar-refractivity contribution >= 4 is 15.9 Å². The van der Waals surface area contributed by atoms with Crippen molar-refractivity contribution in [2.75, 3.05) is 6.61 Å². The molecule has 0 aliphatic carbocycles. The summed E-state index contributed by atoms with van der Waals surface area (Å²) in [7, 11) is 0. The first-order valence-electron chi connectivity index (χ1n) is 7.08. The maximum atomic E-state index is 13.4. The van der Waals surface area contributed by atoms with Gasteiger partial charge < -0.3 is 5.11 Å². The van der Waals surface area contributed by atoms with Crippen molar-refractivity contribution in [1.29, 1.82) is 0 Å². The van der Waals surface area contributed by atoms with Crippen LogP contribution in [0, 0.1) is 5.82 Å². The maximum Gasteiger partial charge on any atom is 0.446 e. The molecule has 0 fully saturated rings. The number of halogens is 2. The minimum atomic E-state index is -0.743. The van der Waals surface area contributed by atoms with Gasteiger partial charge in [-0.2, -0.15) is 0 Å². The third-order valence-corrected chi connectivity index (χ3v) is 3.96. The van der Waals surface area contributed by atoms with Crippen LogP contribution in [0.5, 0.6) is 0 Å². The van der Waals surface area contributed by atoms with Crippen LogP contribution in [0.25, 0.3) is 17.2 Å². The molecule has 1 aromatic carbocycles.